The third-order valence-electron chi connectivity index (χ3n) is 3.68. The molecular weight excluding hydrogens is 268 g/mol. The number of hydrogen-bond donors (Lipinski definition) is 1. The monoisotopic (exact) mass is 286 g/mol. The van der Waals surface area contributed by atoms with Gasteiger partial charge in [-0.3, -0.25) is 14.5 Å². The number of likely N-dealkylation sites (tertiary alicyclic amines) is 1. The fourth-order valence-electron chi connectivity index (χ4n) is 2.66. The van der Waals surface area contributed by atoms with Gasteiger partial charge in [0.1, 0.15) is 12.4 Å². The third-order valence-corrected chi connectivity index (χ3v) is 3.68. The molecule has 0 unspecified atom stereocenters. The van der Waals surface area contributed by atoms with Gasteiger partial charge in [0, 0.05) is 26.0 Å². The van der Waals surface area contributed by atoms with Gasteiger partial charge in [-0.2, -0.15) is 5.10 Å². The Morgan fingerprint density at radius 2 is 2.38 bits per heavy atom. The molecule has 1 aliphatic rings. The summed E-state index contributed by atoms with van der Waals surface area (Å²) in [7, 11) is 1.81. The van der Waals surface area contributed by atoms with E-state index in [9.17, 15) is 4.79 Å². The topological polar surface area (TPSA) is 75.9 Å². The van der Waals surface area contributed by atoms with Crippen LogP contribution in [-0.2, 0) is 11.3 Å². The average molecular weight is 286 g/mol. The number of nitrogens with zero attached hydrogens (tertiary/aromatic N) is 5. The van der Waals surface area contributed by atoms with Crippen molar-refractivity contribution in [2.24, 2.45) is 0 Å². The molecule has 3 heterocycles. The summed E-state index contributed by atoms with van der Waals surface area (Å²) in [5.74, 6) is 0.789. The lowest BCUT2D eigenvalue weighted by molar-refractivity contribution is -0.133. The number of hydrogen-bond acceptors (Lipinski definition) is 5. The van der Waals surface area contributed by atoms with E-state index in [0.717, 1.165) is 30.9 Å². The van der Waals surface area contributed by atoms with Crippen LogP contribution in [-0.4, -0.2) is 44.1 Å². The first kappa shape index (κ1) is 13.5. The quantitative estimate of drug-likeness (QED) is 0.910. The highest BCUT2D eigenvalue weighted by atomic mass is 16.2. The van der Waals surface area contributed by atoms with Crippen LogP contribution < -0.4 is 5.32 Å². The Labute approximate surface area is 123 Å². The molecule has 0 aromatic carbocycles. The highest BCUT2D eigenvalue weighted by Crippen LogP contribution is 2.31. The third kappa shape index (κ3) is 2.86. The lowest BCUT2D eigenvalue weighted by atomic mass is 10.1. The lowest BCUT2D eigenvalue weighted by Gasteiger charge is -2.24. The minimum atomic E-state index is 0.00821. The van der Waals surface area contributed by atoms with Crippen molar-refractivity contribution < 1.29 is 4.79 Å². The lowest BCUT2D eigenvalue weighted by Crippen LogP contribution is -2.34. The van der Waals surface area contributed by atoms with Gasteiger partial charge in [0.15, 0.2) is 0 Å². The van der Waals surface area contributed by atoms with E-state index in [-0.39, 0.29) is 18.5 Å². The molecule has 2 aromatic rings. The SMILES string of the molecule is CNc1cncc([C@@H]2CCCN2C(=O)Cn2cccn2)n1. The summed E-state index contributed by atoms with van der Waals surface area (Å²) in [5.41, 5.74) is 0.841. The van der Waals surface area contributed by atoms with Gasteiger partial charge in [-0.15, -0.1) is 0 Å². The summed E-state index contributed by atoms with van der Waals surface area (Å²) in [6, 6.07) is 1.82. The molecular formula is C14H18N6O. The zero-order valence-corrected chi connectivity index (χ0v) is 11.9. The molecule has 7 nitrogen and oxygen atoms in total. The second-order valence-electron chi connectivity index (χ2n) is 5.03. The second kappa shape index (κ2) is 5.90. The van der Waals surface area contributed by atoms with Crippen molar-refractivity contribution in [2.45, 2.75) is 25.4 Å². The summed E-state index contributed by atoms with van der Waals surface area (Å²) in [5, 5.41) is 7.06. The predicted molar refractivity (Wildman–Crippen MR) is 77.5 cm³/mol. The van der Waals surface area contributed by atoms with Crippen molar-refractivity contribution >= 4 is 11.7 Å². The van der Waals surface area contributed by atoms with Gasteiger partial charge in [0.05, 0.1) is 24.1 Å². The van der Waals surface area contributed by atoms with Crippen LogP contribution in [0.2, 0.25) is 0 Å². The molecule has 0 aliphatic carbocycles. The molecule has 7 heteroatoms. The number of rotatable bonds is 4. The van der Waals surface area contributed by atoms with Crippen LogP contribution >= 0.6 is 0 Å². The van der Waals surface area contributed by atoms with E-state index in [0.29, 0.717) is 0 Å². The number of carbonyl (C=O) groups is 1. The van der Waals surface area contributed by atoms with E-state index < -0.39 is 0 Å². The molecule has 3 rings (SSSR count). The first-order valence-corrected chi connectivity index (χ1v) is 7.04. The van der Waals surface area contributed by atoms with Crippen LogP contribution in [0.4, 0.5) is 5.82 Å². The zero-order valence-electron chi connectivity index (χ0n) is 11.9. The Balaban J connectivity index is 1.76. The molecule has 0 radical (unpaired) electrons. The molecule has 1 aliphatic heterocycles. The Kier molecular flexibility index (Phi) is 3.81. The molecule has 1 atom stereocenters. The maximum Gasteiger partial charge on any atom is 0.244 e. The van der Waals surface area contributed by atoms with Gasteiger partial charge in [0.25, 0.3) is 0 Å². The fourth-order valence-corrected chi connectivity index (χ4v) is 2.66. The number of amides is 1. The van der Waals surface area contributed by atoms with Crippen LogP contribution in [0.5, 0.6) is 0 Å². The van der Waals surface area contributed by atoms with Gasteiger partial charge >= 0.3 is 0 Å². The molecule has 1 fully saturated rings. The van der Waals surface area contributed by atoms with Crippen molar-refractivity contribution in [2.75, 3.05) is 18.9 Å². The average Bonchev–Trinajstić information content (AvgIpc) is 3.18. The van der Waals surface area contributed by atoms with E-state index >= 15 is 0 Å². The minimum Gasteiger partial charge on any atom is -0.372 e. The Hall–Kier alpha value is -2.44. The van der Waals surface area contributed by atoms with Gasteiger partial charge in [-0.1, -0.05) is 0 Å². The Morgan fingerprint density at radius 3 is 3.14 bits per heavy atom. The van der Waals surface area contributed by atoms with Crippen molar-refractivity contribution in [3.8, 4) is 0 Å². The summed E-state index contributed by atoms with van der Waals surface area (Å²) >= 11 is 0. The van der Waals surface area contributed by atoms with E-state index in [1.54, 1.807) is 29.5 Å². The number of anilines is 1. The van der Waals surface area contributed by atoms with Crippen molar-refractivity contribution in [1.29, 1.82) is 0 Å². The molecule has 0 saturated carbocycles. The smallest absolute Gasteiger partial charge is 0.244 e. The van der Waals surface area contributed by atoms with Crippen LogP contribution in [0, 0.1) is 0 Å². The highest BCUT2D eigenvalue weighted by molar-refractivity contribution is 5.76. The van der Waals surface area contributed by atoms with Gasteiger partial charge < -0.3 is 10.2 Å². The van der Waals surface area contributed by atoms with Crippen molar-refractivity contribution in [3.63, 3.8) is 0 Å². The van der Waals surface area contributed by atoms with E-state index in [4.69, 9.17) is 0 Å². The maximum absolute atomic E-state index is 12.5. The normalized spacial score (nSPS) is 18.0. The maximum atomic E-state index is 12.5. The van der Waals surface area contributed by atoms with Gasteiger partial charge in [-0.05, 0) is 18.9 Å². The van der Waals surface area contributed by atoms with Crippen LogP contribution in [0.15, 0.2) is 30.9 Å². The largest absolute Gasteiger partial charge is 0.372 e. The highest BCUT2D eigenvalue weighted by Gasteiger charge is 2.31. The van der Waals surface area contributed by atoms with E-state index in [1.165, 1.54) is 0 Å². The molecule has 1 amide bonds. The molecule has 21 heavy (non-hydrogen) atoms. The summed E-state index contributed by atoms with van der Waals surface area (Å²) in [6.07, 6.45) is 8.80. The molecule has 0 spiro atoms. The van der Waals surface area contributed by atoms with E-state index in [2.05, 4.69) is 20.4 Å². The first-order valence-electron chi connectivity index (χ1n) is 7.04. The zero-order chi connectivity index (χ0) is 14.7. The Bertz CT molecular complexity index is 612. The summed E-state index contributed by atoms with van der Waals surface area (Å²) in [4.78, 5) is 23.0. The number of nitrogens with one attached hydrogen (secondary N) is 1. The first-order chi connectivity index (χ1) is 10.3. The molecule has 110 valence electrons. The van der Waals surface area contributed by atoms with Crippen molar-refractivity contribution in [3.05, 3.63) is 36.5 Å². The number of aromatic nitrogens is 4. The van der Waals surface area contributed by atoms with Crippen LogP contribution in [0.1, 0.15) is 24.6 Å². The predicted octanol–water partition coefficient (Wildman–Crippen LogP) is 1.08. The number of carbonyl (C=O) groups excluding carboxylic acids is 1. The molecule has 2 aromatic heterocycles. The van der Waals surface area contributed by atoms with Crippen LogP contribution in [0.3, 0.4) is 0 Å². The van der Waals surface area contributed by atoms with Crippen molar-refractivity contribution in [1.82, 2.24) is 24.6 Å². The second-order valence-corrected chi connectivity index (χ2v) is 5.03. The van der Waals surface area contributed by atoms with E-state index in [1.807, 2.05) is 18.0 Å². The summed E-state index contributed by atoms with van der Waals surface area (Å²) < 4.78 is 1.65. The minimum absolute atomic E-state index is 0.00821. The van der Waals surface area contributed by atoms with Gasteiger partial charge in [-0.25, -0.2) is 4.98 Å². The van der Waals surface area contributed by atoms with Gasteiger partial charge in [0.2, 0.25) is 5.91 Å². The molecule has 1 saturated heterocycles. The molecule has 0 bridgehead atoms. The molecule has 1 N–H and O–H groups in total. The fraction of sp³-hybridized carbons (Fsp3) is 0.429. The summed E-state index contributed by atoms with van der Waals surface area (Å²) in [6.45, 7) is 1.03. The standard InChI is InChI=1S/C14H18N6O/c1-15-13-9-16-8-11(18-13)12-4-2-7-20(12)14(21)10-19-6-3-5-17-19/h3,5-6,8-9,12H,2,4,7,10H2,1H3,(H,15,18)/t12-/m0/s1. The van der Waals surface area contributed by atoms with Crippen LogP contribution in [0.25, 0.3) is 0 Å². The Morgan fingerprint density at radius 1 is 1.48 bits per heavy atom.